The highest BCUT2D eigenvalue weighted by Gasteiger charge is 1.87. The highest BCUT2D eigenvalue weighted by Crippen LogP contribution is 1.81. The summed E-state index contributed by atoms with van der Waals surface area (Å²) < 4.78 is 14.3. The normalized spacial score (nSPS) is 14.4. The number of hydrogen-bond acceptors (Lipinski definition) is 5. The maximum atomic E-state index is 9.94. The minimum atomic E-state index is -1.66. The fourth-order valence-electron chi connectivity index (χ4n) is 0.154. The van der Waals surface area contributed by atoms with E-state index in [1.54, 1.807) is 0 Å². The Balaban J connectivity index is 3.18. The summed E-state index contributed by atoms with van der Waals surface area (Å²) in [6, 6.07) is 0. The molecule has 0 saturated heterocycles. The summed E-state index contributed by atoms with van der Waals surface area (Å²) in [5.74, 6) is 0. The van der Waals surface area contributed by atoms with Crippen molar-refractivity contribution in [2.24, 2.45) is 0 Å². The number of rotatable bonds is 3. The zero-order valence-electron chi connectivity index (χ0n) is 4.36. The van der Waals surface area contributed by atoms with Crippen LogP contribution in [0.25, 0.3) is 0 Å². The summed E-state index contributed by atoms with van der Waals surface area (Å²) in [6.45, 7) is 1.57. The Kier molecular flexibility index (Phi) is 4.35. The lowest BCUT2D eigenvalue weighted by molar-refractivity contribution is 0.132. The van der Waals surface area contributed by atoms with Crippen molar-refractivity contribution in [3.8, 4) is 0 Å². The average Bonchev–Trinajstić information content (AvgIpc) is 1.61. The van der Waals surface area contributed by atoms with E-state index < -0.39 is 15.7 Å². The maximum absolute atomic E-state index is 9.94. The molecule has 8 heavy (non-hydrogen) atoms. The van der Waals surface area contributed by atoms with Gasteiger partial charge in [0.05, 0.1) is 12.7 Å². The van der Waals surface area contributed by atoms with Crippen molar-refractivity contribution in [1.29, 1.82) is 0 Å². The van der Waals surface area contributed by atoms with Crippen molar-refractivity contribution >= 4 is 20.8 Å². The van der Waals surface area contributed by atoms with E-state index in [1.165, 1.54) is 6.92 Å². The van der Waals surface area contributed by atoms with E-state index in [9.17, 15) is 4.21 Å². The quantitative estimate of drug-likeness (QED) is 0.570. The number of aliphatic hydroxyl groups excluding tert-OH is 1. The molecule has 1 N–H and O–H groups in total. The van der Waals surface area contributed by atoms with Gasteiger partial charge in [-0.15, -0.1) is 0 Å². The van der Waals surface area contributed by atoms with Crippen LogP contribution in [0.3, 0.4) is 0 Å². The minimum absolute atomic E-state index is 0.0378. The topological polar surface area (TPSA) is 46.5 Å². The average molecular weight is 155 g/mol. The first kappa shape index (κ1) is 8.29. The third-order valence-corrected chi connectivity index (χ3v) is 1.02. The van der Waals surface area contributed by atoms with E-state index in [-0.39, 0.29) is 6.61 Å². The molecule has 0 aliphatic heterocycles. The molecule has 0 bridgehead atoms. The SMILES string of the molecule is CC(O)CO[S-](=O)=S. The van der Waals surface area contributed by atoms with E-state index in [1.807, 2.05) is 0 Å². The van der Waals surface area contributed by atoms with Crippen molar-refractivity contribution in [3.63, 3.8) is 0 Å². The van der Waals surface area contributed by atoms with Crippen LogP contribution in [-0.2, 0) is 29.2 Å². The lowest BCUT2D eigenvalue weighted by Gasteiger charge is -2.05. The van der Waals surface area contributed by atoms with Crippen LogP contribution in [0.4, 0.5) is 0 Å². The summed E-state index contributed by atoms with van der Waals surface area (Å²) in [5.41, 5.74) is 0. The Morgan fingerprint density at radius 2 is 2.50 bits per heavy atom. The Labute approximate surface area is 54.6 Å². The maximum Gasteiger partial charge on any atom is 0.0725 e. The number of hydrogen-bond donors (Lipinski definition) is 1. The third-order valence-electron chi connectivity index (χ3n) is 0.405. The van der Waals surface area contributed by atoms with Crippen molar-refractivity contribution in [2.45, 2.75) is 13.0 Å². The van der Waals surface area contributed by atoms with Crippen LogP contribution in [0.15, 0.2) is 0 Å². The van der Waals surface area contributed by atoms with Crippen LogP contribution >= 0.6 is 0 Å². The minimum Gasteiger partial charge on any atom is -0.441 e. The molecule has 1 unspecified atom stereocenters. The zero-order chi connectivity index (χ0) is 6.57. The van der Waals surface area contributed by atoms with Gasteiger partial charge < -0.3 is 13.5 Å². The molecular weight excluding hydrogens is 148 g/mol. The van der Waals surface area contributed by atoms with Crippen LogP contribution in [-0.4, -0.2) is 17.8 Å². The molecule has 0 heterocycles. The fraction of sp³-hybridized carbons (Fsp3) is 1.00. The predicted octanol–water partition coefficient (Wildman–Crippen LogP) is -0.275. The highest BCUT2D eigenvalue weighted by atomic mass is 32.8. The second-order valence-electron chi connectivity index (χ2n) is 1.34. The molecule has 50 valence electrons. The first-order valence-electron chi connectivity index (χ1n) is 2.03. The second kappa shape index (κ2) is 4.20. The smallest absolute Gasteiger partial charge is 0.0725 e. The summed E-state index contributed by atoms with van der Waals surface area (Å²) in [5, 5.41) is 8.50. The summed E-state index contributed by atoms with van der Waals surface area (Å²) >= 11 is 4.14. The number of aliphatic hydroxyl groups is 1. The first-order chi connectivity index (χ1) is 3.63. The molecule has 0 aromatic rings. The molecule has 0 amide bonds. The summed E-state index contributed by atoms with van der Waals surface area (Å²) in [7, 11) is -1.66. The molecule has 0 saturated carbocycles. The third kappa shape index (κ3) is 6.29. The van der Waals surface area contributed by atoms with Gasteiger partial charge in [-0.1, -0.05) is 9.64 Å². The molecular formula is C3H7O3S2-. The van der Waals surface area contributed by atoms with Crippen molar-refractivity contribution in [1.82, 2.24) is 0 Å². The standard InChI is InChI=1S/C3H7O3S2/c1-3(4)2-6-8(5)7/h3-4H,2H2,1H3/q-1. The van der Waals surface area contributed by atoms with Gasteiger partial charge in [-0.25, -0.2) is 11.2 Å². The van der Waals surface area contributed by atoms with Gasteiger partial charge in [-0.3, -0.25) is 0 Å². The van der Waals surface area contributed by atoms with Crippen LogP contribution < -0.4 is 0 Å². The van der Waals surface area contributed by atoms with Crippen molar-refractivity contribution < 1.29 is 13.5 Å². The monoisotopic (exact) mass is 155 g/mol. The molecule has 0 aromatic heterocycles. The lowest BCUT2D eigenvalue weighted by Crippen LogP contribution is -2.08. The Morgan fingerprint density at radius 1 is 2.00 bits per heavy atom. The molecule has 5 heteroatoms. The predicted molar refractivity (Wildman–Crippen MR) is 33.0 cm³/mol. The van der Waals surface area contributed by atoms with Gasteiger partial charge in [0.1, 0.15) is 0 Å². The fourth-order valence-corrected chi connectivity index (χ4v) is 0.629. The van der Waals surface area contributed by atoms with Gasteiger partial charge in [-0.2, -0.15) is 0 Å². The van der Waals surface area contributed by atoms with E-state index in [4.69, 9.17) is 5.11 Å². The molecule has 1 atom stereocenters. The van der Waals surface area contributed by atoms with Gasteiger partial charge >= 0.3 is 0 Å². The van der Waals surface area contributed by atoms with Crippen LogP contribution in [0, 0.1) is 0 Å². The Bertz CT molecular complexity index is 110. The van der Waals surface area contributed by atoms with Gasteiger partial charge in [0.2, 0.25) is 0 Å². The zero-order valence-corrected chi connectivity index (χ0v) is 6.00. The molecule has 0 rings (SSSR count). The van der Waals surface area contributed by atoms with Crippen LogP contribution in [0.2, 0.25) is 0 Å². The van der Waals surface area contributed by atoms with E-state index in [2.05, 4.69) is 15.4 Å². The Morgan fingerprint density at radius 3 is 2.62 bits per heavy atom. The molecule has 0 radical (unpaired) electrons. The molecule has 0 aromatic carbocycles. The molecule has 3 nitrogen and oxygen atoms in total. The van der Waals surface area contributed by atoms with Gasteiger partial charge in [0.15, 0.2) is 0 Å². The molecule has 0 aliphatic carbocycles. The first-order valence-corrected chi connectivity index (χ1v) is 4.03. The van der Waals surface area contributed by atoms with Crippen molar-refractivity contribution in [3.05, 3.63) is 0 Å². The van der Waals surface area contributed by atoms with Gasteiger partial charge in [0.25, 0.3) is 0 Å². The summed E-state index contributed by atoms with van der Waals surface area (Å²) in [6.07, 6.45) is -0.595. The molecule has 0 fully saturated rings. The van der Waals surface area contributed by atoms with Gasteiger partial charge in [0, 0.05) is 0 Å². The second-order valence-corrected chi connectivity index (χ2v) is 2.80. The van der Waals surface area contributed by atoms with Crippen LogP contribution in [0.1, 0.15) is 6.92 Å². The highest BCUT2D eigenvalue weighted by molar-refractivity contribution is 8.19. The van der Waals surface area contributed by atoms with E-state index in [0.29, 0.717) is 0 Å². The summed E-state index contributed by atoms with van der Waals surface area (Å²) in [4.78, 5) is 0. The van der Waals surface area contributed by atoms with E-state index in [0.717, 1.165) is 0 Å². The Hall–Kier alpha value is 0.290. The van der Waals surface area contributed by atoms with Crippen molar-refractivity contribution in [2.75, 3.05) is 6.61 Å². The largest absolute Gasteiger partial charge is 0.441 e. The molecule has 0 aliphatic rings. The molecule has 0 spiro atoms. The van der Waals surface area contributed by atoms with Gasteiger partial charge in [-0.05, 0) is 6.92 Å². The van der Waals surface area contributed by atoms with E-state index >= 15 is 0 Å². The lowest BCUT2D eigenvalue weighted by atomic mass is 10.5. The van der Waals surface area contributed by atoms with Crippen LogP contribution in [0.5, 0.6) is 0 Å².